The molecular weight excluding hydrogens is 382 g/mol. The van der Waals surface area contributed by atoms with E-state index in [-0.39, 0.29) is 0 Å². The fraction of sp³-hybridized carbons (Fsp3) is 0.250. The van der Waals surface area contributed by atoms with Gasteiger partial charge in [0.2, 0.25) is 0 Å². The van der Waals surface area contributed by atoms with E-state index in [2.05, 4.69) is 63.2 Å². The second-order valence-corrected chi connectivity index (χ2v) is 6.63. The first-order chi connectivity index (χ1) is 9.54. The first-order valence-corrected chi connectivity index (χ1v) is 8.08. The summed E-state index contributed by atoms with van der Waals surface area (Å²) in [5.74, 6) is 1.64. The highest BCUT2D eigenvalue weighted by Crippen LogP contribution is 2.32. The Kier molecular flexibility index (Phi) is 5.64. The quantitative estimate of drug-likeness (QED) is 0.717. The lowest BCUT2D eigenvalue weighted by Gasteiger charge is -2.10. The Morgan fingerprint density at radius 1 is 1.05 bits per heavy atom. The van der Waals surface area contributed by atoms with Crippen LogP contribution in [0.25, 0.3) is 0 Å². The van der Waals surface area contributed by atoms with Gasteiger partial charge in [0, 0.05) is 17.1 Å². The van der Waals surface area contributed by atoms with Gasteiger partial charge in [-0.1, -0.05) is 41.9 Å². The van der Waals surface area contributed by atoms with Gasteiger partial charge < -0.3 is 10.1 Å². The van der Waals surface area contributed by atoms with Gasteiger partial charge in [0.1, 0.15) is 11.5 Å². The molecule has 106 valence electrons. The van der Waals surface area contributed by atoms with Gasteiger partial charge >= 0.3 is 0 Å². The maximum atomic E-state index is 5.86. The highest BCUT2D eigenvalue weighted by Gasteiger charge is 2.03. The van der Waals surface area contributed by atoms with E-state index >= 15 is 0 Å². The van der Waals surface area contributed by atoms with Crippen molar-refractivity contribution in [3.63, 3.8) is 0 Å². The molecule has 20 heavy (non-hydrogen) atoms. The van der Waals surface area contributed by atoms with Gasteiger partial charge in [-0.3, -0.25) is 0 Å². The van der Waals surface area contributed by atoms with Crippen molar-refractivity contribution in [2.75, 3.05) is 0 Å². The molecule has 0 bridgehead atoms. The first-order valence-electron chi connectivity index (χ1n) is 6.50. The number of halogens is 2. The standard InChI is InChI=1S/C16H17Br2NO/c1-11(2)19-10-12-3-6-14(7-4-12)20-16-8-5-13(17)9-15(16)18/h3-9,11,19H,10H2,1-2H3. The van der Waals surface area contributed by atoms with Crippen LogP contribution in [0, 0.1) is 0 Å². The number of rotatable bonds is 5. The van der Waals surface area contributed by atoms with E-state index in [1.54, 1.807) is 0 Å². The van der Waals surface area contributed by atoms with E-state index in [0.29, 0.717) is 6.04 Å². The van der Waals surface area contributed by atoms with Gasteiger partial charge in [0.25, 0.3) is 0 Å². The van der Waals surface area contributed by atoms with Crippen LogP contribution < -0.4 is 10.1 Å². The number of hydrogen-bond acceptors (Lipinski definition) is 2. The normalized spacial score (nSPS) is 10.8. The predicted molar refractivity (Wildman–Crippen MR) is 90.3 cm³/mol. The molecule has 0 aliphatic rings. The lowest BCUT2D eigenvalue weighted by Crippen LogP contribution is -2.21. The Balaban J connectivity index is 2.03. The molecule has 0 unspecified atom stereocenters. The summed E-state index contributed by atoms with van der Waals surface area (Å²) in [6, 6.07) is 14.5. The number of ether oxygens (including phenoxy) is 1. The van der Waals surface area contributed by atoms with Gasteiger partial charge in [-0.25, -0.2) is 0 Å². The van der Waals surface area contributed by atoms with Gasteiger partial charge in [0.15, 0.2) is 0 Å². The molecule has 2 rings (SSSR count). The molecule has 0 fully saturated rings. The first kappa shape index (κ1) is 15.5. The topological polar surface area (TPSA) is 21.3 Å². The van der Waals surface area contributed by atoms with Crippen LogP contribution in [0.15, 0.2) is 51.4 Å². The van der Waals surface area contributed by atoms with Crippen LogP contribution in [-0.2, 0) is 6.54 Å². The molecule has 0 spiro atoms. The maximum absolute atomic E-state index is 5.86. The van der Waals surface area contributed by atoms with Gasteiger partial charge in [-0.05, 0) is 51.8 Å². The molecule has 0 saturated carbocycles. The van der Waals surface area contributed by atoms with Crippen LogP contribution in [-0.4, -0.2) is 6.04 Å². The zero-order chi connectivity index (χ0) is 14.5. The Labute approximate surface area is 136 Å². The summed E-state index contributed by atoms with van der Waals surface area (Å²) in [7, 11) is 0. The molecule has 0 saturated heterocycles. The van der Waals surface area contributed by atoms with Crippen molar-refractivity contribution in [1.29, 1.82) is 0 Å². The molecule has 0 aromatic heterocycles. The van der Waals surface area contributed by atoms with Gasteiger partial charge in [0.05, 0.1) is 4.47 Å². The average Bonchev–Trinajstić information content (AvgIpc) is 2.41. The average molecular weight is 399 g/mol. The molecule has 0 atom stereocenters. The van der Waals surface area contributed by atoms with E-state index in [9.17, 15) is 0 Å². The largest absolute Gasteiger partial charge is 0.456 e. The van der Waals surface area contributed by atoms with Crippen molar-refractivity contribution < 1.29 is 4.74 Å². The van der Waals surface area contributed by atoms with Crippen molar-refractivity contribution in [3.05, 3.63) is 57.0 Å². The fourth-order valence-electron chi connectivity index (χ4n) is 1.68. The van der Waals surface area contributed by atoms with Crippen molar-refractivity contribution in [2.45, 2.75) is 26.4 Å². The summed E-state index contributed by atoms with van der Waals surface area (Å²) >= 11 is 6.92. The molecule has 0 radical (unpaired) electrons. The molecule has 2 nitrogen and oxygen atoms in total. The van der Waals surface area contributed by atoms with E-state index in [0.717, 1.165) is 27.0 Å². The predicted octanol–water partition coefficient (Wildman–Crippen LogP) is 5.50. The molecule has 0 amide bonds. The Hall–Kier alpha value is -0.840. The Morgan fingerprint density at radius 2 is 1.75 bits per heavy atom. The molecule has 2 aromatic carbocycles. The van der Waals surface area contributed by atoms with Crippen LogP contribution >= 0.6 is 31.9 Å². The van der Waals surface area contributed by atoms with E-state index in [4.69, 9.17) is 4.74 Å². The van der Waals surface area contributed by atoms with Gasteiger partial charge in [-0.2, -0.15) is 0 Å². The minimum absolute atomic E-state index is 0.490. The molecule has 0 aliphatic carbocycles. The third-order valence-electron chi connectivity index (χ3n) is 2.76. The summed E-state index contributed by atoms with van der Waals surface area (Å²) in [4.78, 5) is 0. The zero-order valence-corrected chi connectivity index (χ0v) is 14.7. The summed E-state index contributed by atoms with van der Waals surface area (Å²) in [6.45, 7) is 5.16. The molecule has 2 aromatic rings. The second-order valence-electron chi connectivity index (χ2n) is 4.86. The molecule has 0 heterocycles. The van der Waals surface area contributed by atoms with E-state index < -0.39 is 0 Å². The maximum Gasteiger partial charge on any atom is 0.141 e. The summed E-state index contributed by atoms with van der Waals surface area (Å²) in [6.07, 6.45) is 0. The summed E-state index contributed by atoms with van der Waals surface area (Å²) in [5.41, 5.74) is 1.25. The number of benzene rings is 2. The Morgan fingerprint density at radius 3 is 2.35 bits per heavy atom. The van der Waals surface area contributed by atoms with Crippen LogP contribution in [0.4, 0.5) is 0 Å². The zero-order valence-electron chi connectivity index (χ0n) is 11.5. The molecule has 1 N–H and O–H groups in total. The van der Waals surface area contributed by atoms with Crippen LogP contribution in [0.3, 0.4) is 0 Å². The second kappa shape index (κ2) is 7.25. The van der Waals surface area contributed by atoms with Crippen molar-refractivity contribution in [2.24, 2.45) is 0 Å². The monoisotopic (exact) mass is 397 g/mol. The minimum atomic E-state index is 0.490. The highest BCUT2D eigenvalue weighted by atomic mass is 79.9. The fourth-order valence-corrected chi connectivity index (χ4v) is 2.81. The third-order valence-corrected chi connectivity index (χ3v) is 3.87. The smallest absolute Gasteiger partial charge is 0.141 e. The highest BCUT2D eigenvalue weighted by molar-refractivity contribution is 9.11. The Bertz CT molecular complexity index is 567. The summed E-state index contributed by atoms with van der Waals surface area (Å²) in [5, 5.41) is 3.39. The summed E-state index contributed by atoms with van der Waals surface area (Å²) < 4.78 is 7.80. The minimum Gasteiger partial charge on any atom is -0.456 e. The lowest BCUT2D eigenvalue weighted by atomic mass is 10.2. The third kappa shape index (κ3) is 4.62. The molecular formula is C16H17Br2NO. The van der Waals surface area contributed by atoms with Crippen LogP contribution in [0.2, 0.25) is 0 Å². The van der Waals surface area contributed by atoms with Crippen LogP contribution in [0.1, 0.15) is 19.4 Å². The molecule has 4 heteroatoms. The van der Waals surface area contributed by atoms with E-state index in [1.807, 2.05) is 30.3 Å². The van der Waals surface area contributed by atoms with Crippen molar-refractivity contribution in [3.8, 4) is 11.5 Å². The SMILES string of the molecule is CC(C)NCc1ccc(Oc2ccc(Br)cc2Br)cc1. The van der Waals surface area contributed by atoms with Gasteiger partial charge in [-0.15, -0.1) is 0 Å². The van der Waals surface area contributed by atoms with E-state index in [1.165, 1.54) is 5.56 Å². The van der Waals surface area contributed by atoms with Crippen molar-refractivity contribution in [1.82, 2.24) is 5.32 Å². The molecule has 0 aliphatic heterocycles. The number of nitrogens with one attached hydrogen (secondary N) is 1. The lowest BCUT2D eigenvalue weighted by molar-refractivity contribution is 0.479. The van der Waals surface area contributed by atoms with Crippen molar-refractivity contribution >= 4 is 31.9 Å². The van der Waals surface area contributed by atoms with Crippen LogP contribution in [0.5, 0.6) is 11.5 Å². The number of hydrogen-bond donors (Lipinski definition) is 1.